The number of aliphatic hydroxyl groups excluding tert-OH is 1. The van der Waals surface area contributed by atoms with Crippen LogP contribution in [-0.2, 0) is 32.3 Å². The number of likely N-dealkylation sites (tertiary alicyclic amines) is 1. The molecule has 3 fully saturated rings. The second kappa shape index (κ2) is 14.1. The van der Waals surface area contributed by atoms with Crippen LogP contribution in [0.2, 0.25) is 0 Å². The number of aliphatic hydroxyl groups is 1. The number of halogens is 1. The van der Waals surface area contributed by atoms with Crippen LogP contribution in [0.25, 0.3) is 11.0 Å². The fraction of sp³-hybridized carbons (Fsp3) is 0.457. The molecule has 12 heteroatoms. The Morgan fingerprint density at radius 3 is 2.49 bits per heavy atom. The first kappa shape index (κ1) is 33.0. The minimum Gasteiger partial charge on any atom is -0.396 e. The van der Waals surface area contributed by atoms with Crippen LogP contribution in [0.5, 0.6) is 0 Å². The van der Waals surface area contributed by atoms with E-state index in [9.17, 15) is 19.5 Å². The summed E-state index contributed by atoms with van der Waals surface area (Å²) in [5, 5.41) is 17.9. The predicted molar refractivity (Wildman–Crippen MR) is 180 cm³/mol. The lowest BCUT2D eigenvalue weighted by atomic mass is 9.70. The van der Waals surface area contributed by atoms with E-state index in [-0.39, 0.29) is 42.4 Å². The highest BCUT2D eigenvalue weighted by molar-refractivity contribution is 9.09. The highest BCUT2D eigenvalue weighted by Gasteiger charge is 2.76. The van der Waals surface area contributed by atoms with E-state index in [1.165, 1.54) is 0 Å². The number of hydrogen-bond donors (Lipinski definition) is 1. The first-order valence-corrected chi connectivity index (χ1v) is 17.1. The molecule has 4 heterocycles. The zero-order chi connectivity index (χ0) is 33.1. The average molecular weight is 706 g/mol. The normalized spacial score (nSPS) is 26.0. The number of rotatable bonds is 15. The van der Waals surface area contributed by atoms with E-state index in [2.05, 4.69) is 39.4 Å². The minimum absolute atomic E-state index is 0.0506. The van der Waals surface area contributed by atoms with Gasteiger partial charge in [-0.15, -0.1) is 18.3 Å². The number of fused-ring (bicyclic) bond motifs is 2. The number of carbonyl (C=O) groups excluding carboxylic acids is 3. The summed E-state index contributed by atoms with van der Waals surface area (Å²) in [6.07, 6.45) is 5.07. The highest BCUT2D eigenvalue weighted by atomic mass is 79.9. The van der Waals surface area contributed by atoms with Crippen LogP contribution in [-0.4, -0.2) is 101 Å². The molecule has 248 valence electrons. The lowest BCUT2D eigenvalue weighted by molar-refractivity contribution is -0.150. The fourth-order valence-electron chi connectivity index (χ4n) is 7.63. The molecule has 0 radical (unpaired) electrons. The molecule has 0 saturated carbocycles. The summed E-state index contributed by atoms with van der Waals surface area (Å²) in [6.45, 7) is 9.12. The Morgan fingerprint density at radius 1 is 1.02 bits per heavy atom. The van der Waals surface area contributed by atoms with Crippen LogP contribution >= 0.6 is 15.9 Å². The number of alkyl halides is 1. The maximum Gasteiger partial charge on any atom is 0.250 e. The summed E-state index contributed by atoms with van der Waals surface area (Å²) in [7, 11) is 0. The van der Waals surface area contributed by atoms with Gasteiger partial charge in [0.05, 0.1) is 23.5 Å². The van der Waals surface area contributed by atoms with Gasteiger partial charge in [-0.05, 0) is 43.4 Å². The number of nitrogens with zero attached hydrogens (tertiary/aromatic N) is 6. The molecule has 3 saturated heterocycles. The number of unbranched alkanes of at least 4 members (excludes halogenated alkanes) is 2. The number of carbonyl (C=O) groups is 3. The van der Waals surface area contributed by atoms with Gasteiger partial charge in [0.1, 0.15) is 23.8 Å². The maximum atomic E-state index is 14.8. The van der Waals surface area contributed by atoms with Crippen molar-refractivity contribution in [1.29, 1.82) is 0 Å². The van der Waals surface area contributed by atoms with Crippen molar-refractivity contribution in [3.05, 3.63) is 85.5 Å². The van der Waals surface area contributed by atoms with Crippen molar-refractivity contribution in [2.24, 2.45) is 11.8 Å². The van der Waals surface area contributed by atoms with E-state index in [1.807, 2.05) is 54.6 Å². The van der Waals surface area contributed by atoms with Crippen molar-refractivity contribution in [2.75, 3.05) is 26.2 Å². The maximum absolute atomic E-state index is 14.8. The molecule has 3 unspecified atom stereocenters. The summed E-state index contributed by atoms with van der Waals surface area (Å²) in [4.78, 5) is 48.6. The monoisotopic (exact) mass is 704 g/mol. The lowest BCUT2D eigenvalue weighted by Crippen LogP contribution is -2.57. The number of aromatic nitrogens is 3. The molecule has 2 bridgehead atoms. The van der Waals surface area contributed by atoms with E-state index in [1.54, 1.807) is 31.5 Å². The summed E-state index contributed by atoms with van der Waals surface area (Å²) < 4.78 is 8.44. The summed E-state index contributed by atoms with van der Waals surface area (Å²) in [5.74, 6) is -2.30. The van der Waals surface area contributed by atoms with E-state index < -0.39 is 29.6 Å². The second-order valence-corrected chi connectivity index (χ2v) is 13.7. The Kier molecular flexibility index (Phi) is 9.90. The molecule has 0 aliphatic carbocycles. The molecule has 2 aromatic carbocycles. The van der Waals surface area contributed by atoms with Crippen molar-refractivity contribution in [3.63, 3.8) is 0 Å². The van der Waals surface area contributed by atoms with E-state index in [0.29, 0.717) is 50.8 Å². The van der Waals surface area contributed by atoms with Gasteiger partial charge in [-0.1, -0.05) is 75.8 Å². The summed E-state index contributed by atoms with van der Waals surface area (Å²) >= 11 is 3.79. The zero-order valence-electron chi connectivity index (χ0n) is 26.4. The van der Waals surface area contributed by atoms with Gasteiger partial charge >= 0.3 is 0 Å². The first-order chi connectivity index (χ1) is 22.8. The second-order valence-electron chi connectivity index (χ2n) is 12.5. The third-order valence-corrected chi connectivity index (χ3v) is 10.5. The molecule has 6 rings (SSSR count). The molecule has 3 amide bonds. The molecule has 11 nitrogen and oxygen atoms in total. The van der Waals surface area contributed by atoms with E-state index >= 15 is 0 Å². The molecule has 1 aromatic heterocycles. The largest absolute Gasteiger partial charge is 0.396 e. The average Bonchev–Trinajstić information content (AvgIpc) is 3.80. The highest BCUT2D eigenvalue weighted by Crippen LogP contribution is 2.60. The van der Waals surface area contributed by atoms with Crippen LogP contribution in [0.3, 0.4) is 0 Å². The first-order valence-electron chi connectivity index (χ1n) is 16.2. The third kappa shape index (κ3) is 6.02. The van der Waals surface area contributed by atoms with Crippen molar-refractivity contribution in [3.8, 4) is 0 Å². The minimum atomic E-state index is -1.19. The lowest BCUT2D eigenvalue weighted by Gasteiger charge is -2.37. The van der Waals surface area contributed by atoms with E-state index in [4.69, 9.17) is 4.74 Å². The van der Waals surface area contributed by atoms with Gasteiger partial charge in [-0.2, -0.15) is 0 Å². The van der Waals surface area contributed by atoms with Crippen molar-refractivity contribution in [2.45, 2.75) is 61.5 Å². The SMILES string of the molecule is C=CCN(Cn1nnc2ccccc21)C(=O)C1N(CCCCCO)C(=O)[C@@H]2[C@H](C(=O)N(CC=C)Cc3ccccc3)[C@H]3OC12CC3Br. The Bertz CT molecular complexity index is 1630. The van der Waals surface area contributed by atoms with Crippen LogP contribution in [0.1, 0.15) is 31.2 Å². The number of benzene rings is 2. The van der Waals surface area contributed by atoms with E-state index in [0.717, 1.165) is 11.1 Å². The molecule has 3 aliphatic rings. The van der Waals surface area contributed by atoms with Crippen LogP contribution in [0, 0.1) is 11.8 Å². The topological polar surface area (TPSA) is 121 Å². The zero-order valence-corrected chi connectivity index (χ0v) is 28.0. The Hall–Kier alpha value is -3.87. The molecule has 6 atom stereocenters. The fourth-order valence-corrected chi connectivity index (χ4v) is 8.58. The Balaban J connectivity index is 1.35. The quantitative estimate of drug-likeness (QED) is 0.146. The van der Waals surface area contributed by atoms with Crippen molar-refractivity contribution < 1.29 is 24.2 Å². The van der Waals surface area contributed by atoms with Gasteiger partial charge in [-0.3, -0.25) is 14.4 Å². The summed E-state index contributed by atoms with van der Waals surface area (Å²) in [6, 6.07) is 16.3. The molecule has 47 heavy (non-hydrogen) atoms. The molecule has 3 aliphatic heterocycles. The molecule has 3 aromatic rings. The van der Waals surface area contributed by atoms with Crippen LogP contribution in [0.4, 0.5) is 0 Å². The predicted octanol–water partition coefficient (Wildman–Crippen LogP) is 3.53. The van der Waals surface area contributed by atoms with Gasteiger partial charge in [0, 0.05) is 37.6 Å². The number of hydrogen-bond acceptors (Lipinski definition) is 7. The standard InChI is InChI=1S/C35H41BrN6O5/c1-3-17-39(22-24-13-7-5-8-14-24)32(44)28-29-33(45)41(19-11-6-12-20-43)31(35(29)21-25(36)30(28)47-35)34(46)40(18-4-2)23-42-27-16-10-9-15-26(27)37-38-42/h3-5,7-10,13-16,25,28-31,43H,1-2,6,11-12,17-23H2/t25?,28-,29-,30-,31?,35?/m0/s1. The van der Waals surface area contributed by atoms with Crippen LogP contribution < -0.4 is 0 Å². The summed E-state index contributed by atoms with van der Waals surface area (Å²) in [5.41, 5.74) is 1.26. The van der Waals surface area contributed by atoms with Gasteiger partial charge < -0.3 is 24.5 Å². The van der Waals surface area contributed by atoms with Gasteiger partial charge in [0.15, 0.2) is 0 Å². The smallest absolute Gasteiger partial charge is 0.250 e. The van der Waals surface area contributed by atoms with Crippen molar-refractivity contribution in [1.82, 2.24) is 29.7 Å². The number of amides is 3. The third-order valence-electron chi connectivity index (χ3n) is 9.63. The number of ether oxygens (including phenoxy) is 1. The van der Waals surface area contributed by atoms with Gasteiger partial charge in [0.2, 0.25) is 17.7 Å². The Labute approximate surface area is 283 Å². The molecular weight excluding hydrogens is 664 g/mol. The molecule has 1 N–H and O–H groups in total. The van der Waals surface area contributed by atoms with Crippen molar-refractivity contribution >= 4 is 44.7 Å². The van der Waals surface area contributed by atoms with Gasteiger partial charge in [0.25, 0.3) is 0 Å². The van der Waals surface area contributed by atoms with Crippen LogP contribution in [0.15, 0.2) is 79.9 Å². The molecule has 1 spiro atoms. The Morgan fingerprint density at radius 2 is 1.74 bits per heavy atom. The number of para-hydroxylation sites is 1. The molecular formula is C35H41BrN6O5. The van der Waals surface area contributed by atoms with Gasteiger partial charge in [-0.25, -0.2) is 4.68 Å².